The van der Waals surface area contributed by atoms with Crippen LogP contribution in [0.25, 0.3) is 10.8 Å². The Hall–Kier alpha value is -1.99. The van der Waals surface area contributed by atoms with Crippen molar-refractivity contribution in [1.82, 2.24) is 10.2 Å². The predicted octanol–water partition coefficient (Wildman–Crippen LogP) is 3.62. The Kier molecular flexibility index (Phi) is 3.84. The number of fused-ring (bicyclic) bond motifs is 1. The van der Waals surface area contributed by atoms with E-state index in [0.29, 0.717) is 5.39 Å². The van der Waals surface area contributed by atoms with Gasteiger partial charge in [-0.1, -0.05) is 61.6 Å². The third-order valence-electron chi connectivity index (χ3n) is 3.20. The van der Waals surface area contributed by atoms with E-state index in [1.54, 1.807) is 18.2 Å². The highest BCUT2D eigenvalue weighted by atomic mass is 32.2. The summed E-state index contributed by atoms with van der Waals surface area (Å²) in [6.45, 7) is 3.98. The summed E-state index contributed by atoms with van der Waals surface area (Å²) in [4.78, 5) is 0.242. The van der Waals surface area contributed by atoms with Crippen molar-refractivity contribution in [3.05, 3.63) is 47.5 Å². The van der Waals surface area contributed by atoms with Gasteiger partial charge >= 0.3 is 0 Å². The zero-order valence-corrected chi connectivity index (χ0v) is 13.8. The molecule has 3 aromatic rings. The van der Waals surface area contributed by atoms with Crippen LogP contribution in [0.2, 0.25) is 0 Å². The predicted molar refractivity (Wildman–Crippen MR) is 88.8 cm³/mol. The molecule has 7 heteroatoms. The molecule has 0 fully saturated rings. The molecule has 1 heterocycles. The van der Waals surface area contributed by atoms with E-state index >= 15 is 0 Å². The Bertz CT molecular complexity index is 912. The molecule has 1 N–H and O–H groups in total. The van der Waals surface area contributed by atoms with Crippen LogP contribution in [0.1, 0.15) is 24.8 Å². The van der Waals surface area contributed by atoms with E-state index in [1.807, 2.05) is 38.1 Å². The fraction of sp³-hybridized carbons (Fsp3) is 0.200. The van der Waals surface area contributed by atoms with Gasteiger partial charge in [0.05, 0.1) is 4.90 Å². The Morgan fingerprint density at radius 1 is 1.05 bits per heavy atom. The highest BCUT2D eigenvalue weighted by Gasteiger charge is 2.19. The fourth-order valence-electron chi connectivity index (χ4n) is 2.11. The zero-order chi connectivity index (χ0) is 15.7. The lowest BCUT2D eigenvalue weighted by Crippen LogP contribution is -2.13. The molecular weight excluding hydrogens is 318 g/mol. The Morgan fingerprint density at radius 3 is 2.50 bits per heavy atom. The fourth-order valence-corrected chi connectivity index (χ4v) is 4.32. The first kappa shape index (κ1) is 14.9. The van der Waals surface area contributed by atoms with E-state index in [1.165, 1.54) is 11.3 Å². The molecule has 0 aliphatic carbocycles. The van der Waals surface area contributed by atoms with Crippen LogP contribution in [0, 0.1) is 0 Å². The van der Waals surface area contributed by atoms with Crippen molar-refractivity contribution in [2.75, 3.05) is 4.72 Å². The van der Waals surface area contributed by atoms with Crippen LogP contribution in [-0.4, -0.2) is 18.6 Å². The number of nitrogens with zero attached hydrogens (tertiary/aromatic N) is 2. The second kappa shape index (κ2) is 5.66. The van der Waals surface area contributed by atoms with Gasteiger partial charge < -0.3 is 0 Å². The maximum atomic E-state index is 12.6. The molecule has 0 amide bonds. The number of aromatic nitrogens is 2. The van der Waals surface area contributed by atoms with Crippen molar-refractivity contribution in [2.24, 2.45) is 0 Å². The summed E-state index contributed by atoms with van der Waals surface area (Å²) in [7, 11) is -3.69. The molecule has 0 aliphatic rings. The smallest absolute Gasteiger partial charge is 0.253 e. The van der Waals surface area contributed by atoms with Crippen LogP contribution in [0.15, 0.2) is 47.4 Å². The molecule has 0 unspecified atom stereocenters. The van der Waals surface area contributed by atoms with Gasteiger partial charge in [0, 0.05) is 11.3 Å². The van der Waals surface area contributed by atoms with E-state index in [0.717, 1.165) is 10.4 Å². The molecule has 0 atom stereocenters. The number of sulfonamides is 1. The van der Waals surface area contributed by atoms with Gasteiger partial charge in [0.1, 0.15) is 5.01 Å². The van der Waals surface area contributed by atoms with Gasteiger partial charge in [-0.15, -0.1) is 10.2 Å². The van der Waals surface area contributed by atoms with Crippen LogP contribution in [0.5, 0.6) is 0 Å². The van der Waals surface area contributed by atoms with Crippen molar-refractivity contribution in [2.45, 2.75) is 24.7 Å². The lowest BCUT2D eigenvalue weighted by molar-refractivity contribution is 0.602. The topological polar surface area (TPSA) is 72.0 Å². The van der Waals surface area contributed by atoms with E-state index in [2.05, 4.69) is 14.9 Å². The normalized spacial score (nSPS) is 12.0. The van der Waals surface area contributed by atoms with Gasteiger partial charge in [0.15, 0.2) is 0 Å². The summed E-state index contributed by atoms with van der Waals surface area (Å²) in [6, 6.07) is 12.6. The zero-order valence-electron chi connectivity index (χ0n) is 12.1. The number of benzene rings is 2. The van der Waals surface area contributed by atoms with Crippen LogP contribution in [-0.2, 0) is 10.0 Å². The summed E-state index contributed by atoms with van der Waals surface area (Å²) >= 11 is 1.26. The van der Waals surface area contributed by atoms with Crippen molar-refractivity contribution >= 4 is 37.3 Å². The minimum atomic E-state index is -3.69. The summed E-state index contributed by atoms with van der Waals surface area (Å²) in [5.41, 5.74) is 0. The van der Waals surface area contributed by atoms with Crippen LogP contribution >= 0.6 is 11.3 Å². The molecule has 0 spiro atoms. The van der Waals surface area contributed by atoms with E-state index in [4.69, 9.17) is 0 Å². The van der Waals surface area contributed by atoms with Crippen LogP contribution in [0.4, 0.5) is 5.13 Å². The molecule has 114 valence electrons. The van der Waals surface area contributed by atoms with Crippen molar-refractivity contribution < 1.29 is 8.42 Å². The average molecular weight is 333 g/mol. The second-order valence-corrected chi connectivity index (χ2v) is 7.84. The molecule has 2 aromatic carbocycles. The Balaban J connectivity index is 2.01. The number of anilines is 1. The maximum Gasteiger partial charge on any atom is 0.264 e. The third kappa shape index (κ3) is 2.82. The number of hydrogen-bond donors (Lipinski definition) is 1. The first-order chi connectivity index (χ1) is 10.5. The van der Waals surface area contributed by atoms with Crippen LogP contribution < -0.4 is 4.72 Å². The maximum absolute atomic E-state index is 12.6. The molecule has 0 saturated heterocycles. The van der Waals surface area contributed by atoms with Crippen LogP contribution in [0.3, 0.4) is 0 Å². The van der Waals surface area contributed by atoms with Gasteiger partial charge in [0.2, 0.25) is 5.13 Å². The molecule has 0 bridgehead atoms. The quantitative estimate of drug-likeness (QED) is 0.791. The largest absolute Gasteiger partial charge is 0.264 e. The van der Waals surface area contributed by atoms with Gasteiger partial charge in [0.25, 0.3) is 10.0 Å². The summed E-state index contributed by atoms with van der Waals surface area (Å²) in [5.74, 6) is 0.216. The lowest BCUT2D eigenvalue weighted by atomic mass is 10.1. The van der Waals surface area contributed by atoms with Crippen molar-refractivity contribution in [1.29, 1.82) is 0 Å². The van der Waals surface area contributed by atoms with E-state index < -0.39 is 10.0 Å². The number of hydrogen-bond acceptors (Lipinski definition) is 5. The molecule has 0 saturated carbocycles. The second-order valence-electron chi connectivity index (χ2n) is 5.18. The van der Waals surface area contributed by atoms with Gasteiger partial charge in [-0.3, -0.25) is 4.72 Å². The van der Waals surface area contributed by atoms with Gasteiger partial charge in [-0.05, 0) is 11.5 Å². The number of nitrogens with one attached hydrogen (secondary N) is 1. The van der Waals surface area contributed by atoms with Crippen molar-refractivity contribution in [3.8, 4) is 0 Å². The Morgan fingerprint density at radius 2 is 1.77 bits per heavy atom. The monoisotopic (exact) mass is 333 g/mol. The lowest BCUT2D eigenvalue weighted by Gasteiger charge is -2.08. The minimum absolute atomic E-state index is 0.216. The number of rotatable bonds is 4. The van der Waals surface area contributed by atoms with Gasteiger partial charge in [-0.25, -0.2) is 8.42 Å². The first-order valence-corrected chi connectivity index (χ1v) is 9.11. The van der Waals surface area contributed by atoms with E-state index in [-0.39, 0.29) is 15.9 Å². The highest BCUT2D eigenvalue weighted by Crippen LogP contribution is 2.27. The molecule has 0 radical (unpaired) electrons. The highest BCUT2D eigenvalue weighted by molar-refractivity contribution is 7.93. The summed E-state index contributed by atoms with van der Waals surface area (Å²) in [6.07, 6.45) is 0. The molecule has 1 aromatic heterocycles. The first-order valence-electron chi connectivity index (χ1n) is 6.81. The molecule has 5 nitrogen and oxygen atoms in total. The van der Waals surface area contributed by atoms with E-state index in [9.17, 15) is 8.42 Å². The van der Waals surface area contributed by atoms with Crippen molar-refractivity contribution in [3.63, 3.8) is 0 Å². The minimum Gasteiger partial charge on any atom is -0.253 e. The van der Waals surface area contributed by atoms with Gasteiger partial charge in [-0.2, -0.15) is 0 Å². The average Bonchev–Trinajstić information content (AvgIpc) is 2.94. The molecular formula is C15H15N3O2S2. The third-order valence-corrected chi connectivity index (χ3v) is 5.86. The summed E-state index contributed by atoms with van der Waals surface area (Å²) < 4.78 is 27.8. The Labute approximate surface area is 133 Å². The summed E-state index contributed by atoms with van der Waals surface area (Å²) in [5, 5.41) is 10.6. The molecule has 0 aliphatic heterocycles. The SMILES string of the molecule is CC(C)c1nnc(NS(=O)(=O)c2cccc3ccccc23)s1. The molecule has 3 rings (SSSR count). The standard InChI is InChI=1S/C15H15N3O2S2/c1-10(2)14-16-17-15(21-14)18-22(19,20)13-9-5-7-11-6-3-4-8-12(11)13/h3-10H,1-2H3,(H,17,18). The molecule has 22 heavy (non-hydrogen) atoms.